The van der Waals surface area contributed by atoms with Crippen LogP contribution in [0.4, 0.5) is 37.1 Å². The first-order chi connectivity index (χ1) is 57.3. The van der Waals surface area contributed by atoms with E-state index in [4.69, 9.17) is 69.8 Å². The van der Waals surface area contributed by atoms with E-state index in [1.807, 2.05) is 54.6 Å². The zero-order valence-corrected chi connectivity index (χ0v) is 81.6. The minimum atomic E-state index is -1.06. The number of aliphatic hydroxyl groups excluding tert-OH is 4. The second-order valence-corrected chi connectivity index (χ2v) is 31.3. The topological polar surface area (TPSA) is 499 Å². The van der Waals surface area contributed by atoms with Crippen molar-refractivity contribution in [2.45, 2.75) is 159 Å². The Morgan fingerprint density at radius 1 is 0.405 bits per heavy atom. The second-order valence-electron chi connectivity index (χ2n) is 31.3. The summed E-state index contributed by atoms with van der Waals surface area (Å²) in [6.45, 7) is 40.2. The number of aryl methyl sites for hydroxylation is 8. The summed E-state index contributed by atoms with van der Waals surface area (Å²) in [4.78, 5) is 113. The number of morpholine rings is 3. The summed E-state index contributed by atoms with van der Waals surface area (Å²) in [5, 5.41) is 49.9. The molecule has 6 aromatic heterocycles. The number of amides is 5. The van der Waals surface area contributed by atoms with Crippen molar-refractivity contribution in [1.29, 1.82) is 0 Å². The van der Waals surface area contributed by atoms with Crippen molar-refractivity contribution in [3.8, 4) is 0 Å². The molecular formula is C83H138Cl3KN16O23. The molecule has 43 heteroatoms. The number of rotatable bonds is 31. The molecular weight excluding hydrogens is 1730 g/mol. The number of ether oxygens (including phenoxy) is 9. The van der Waals surface area contributed by atoms with E-state index in [2.05, 4.69) is 46.0 Å². The maximum atomic E-state index is 12.7. The van der Waals surface area contributed by atoms with E-state index in [1.54, 1.807) is 144 Å². The van der Waals surface area contributed by atoms with Gasteiger partial charge in [-0.15, -0.1) is 37.2 Å². The van der Waals surface area contributed by atoms with Gasteiger partial charge >= 0.3 is 81.7 Å². The summed E-state index contributed by atoms with van der Waals surface area (Å²) < 4.78 is 55.3. The number of aromatic nitrogens is 6. The van der Waals surface area contributed by atoms with Crippen LogP contribution in [-0.2, 0) is 82.9 Å². The molecule has 6 aromatic rings. The van der Waals surface area contributed by atoms with E-state index in [0.717, 1.165) is 110 Å². The van der Waals surface area contributed by atoms with E-state index in [-0.39, 0.29) is 157 Å². The molecule has 39 nitrogen and oxygen atoms in total. The molecule has 126 heavy (non-hydrogen) atoms. The van der Waals surface area contributed by atoms with Crippen LogP contribution < -0.4 is 89.4 Å². The van der Waals surface area contributed by atoms with Gasteiger partial charge in [0.05, 0.1) is 75.6 Å². The average Bonchev–Trinajstić information content (AvgIpc) is 2.08. The van der Waals surface area contributed by atoms with Crippen LogP contribution in [0.15, 0.2) is 73.6 Å². The molecule has 3 saturated heterocycles. The molecule has 0 aromatic carbocycles. The van der Waals surface area contributed by atoms with Gasteiger partial charge in [-0.3, -0.25) is 39.2 Å². The van der Waals surface area contributed by atoms with Crippen LogP contribution in [0.1, 0.15) is 176 Å². The van der Waals surface area contributed by atoms with Gasteiger partial charge in [0.25, 0.3) is 23.6 Å². The van der Waals surface area contributed by atoms with Crippen LogP contribution in [-0.4, -0.2) is 297 Å². The minimum Gasteiger partial charge on any atom is -0.870 e. The van der Waals surface area contributed by atoms with Crippen molar-refractivity contribution < 1.29 is 163 Å². The third-order valence-corrected chi connectivity index (χ3v) is 17.3. The van der Waals surface area contributed by atoms with Crippen LogP contribution >= 0.6 is 37.2 Å². The normalized spacial score (nSPS) is 13.1. The molecule has 0 radical (unpaired) electrons. The molecule has 0 aliphatic carbocycles. The Kier molecular flexibility index (Phi) is 60.3. The van der Waals surface area contributed by atoms with Gasteiger partial charge in [-0.25, -0.2) is 24.0 Å². The first-order valence-electron chi connectivity index (χ1n) is 40.8. The second kappa shape index (κ2) is 63.2. The molecule has 0 spiro atoms. The standard InChI is InChI=1S/C21H31N5O4.C15H25N3O3.C15H24N2O5.C12H20N4O2.C10H16N2O3.C10H18O5.3ClH.K.H2O/c1-16-12-19(26(14-16)5-3-9-27)21(29)23-17-13-18(24(2)15-17)20(28)22-4-6-25-7-10-30-11-8-25;1-13-11-14(18(12-13)4-2-8-19)15(20)16-3-5-17-6-9-21-10-7-17;1-5-21-13(19)12-9-11(10-17(12)7-6-8-18)16-14(20)22-15(2,3)4;1-15-9-10(13)8-11(15)12(17)14-2-3-16-4-6-18-7-5-16;1-2-15-10(14)9-6-8(11)7-12(9)4-3-5-13;1-9(2,3)14-7(11)13-8(12)15-10(4,5)6;;;;;/h12-15,27H,3-11H2,1-2H3,(H,22,28)(H,23,29);11-12,19H,2-10H2,1H3,(H,16,20);9-10,18H,5-8H2,1-4H3,(H,16,20);8-9H,2-7,13H2,1H3,(H,14,17);6-7,13H,2-5,11H2,1H3;1-6H3;3*1H;;1H2/q;;;;;;;;;+1;/p-1. The fourth-order valence-corrected chi connectivity index (χ4v) is 11.9. The number of nitrogens with two attached hydrogens (primary N) is 2. The third-order valence-electron chi connectivity index (χ3n) is 17.3. The summed E-state index contributed by atoms with van der Waals surface area (Å²) in [5.41, 5.74) is 16.4. The predicted octanol–water partition coefficient (Wildman–Crippen LogP) is 4.73. The van der Waals surface area contributed by atoms with Crippen LogP contribution in [0, 0.1) is 13.8 Å². The summed E-state index contributed by atoms with van der Waals surface area (Å²) in [7, 11) is 3.59. The minimum absolute atomic E-state index is 0. The molecule has 0 atom stereocenters. The number of nitrogens with zero attached hydrogens (tertiary/aromatic N) is 9. The number of esters is 2. The Morgan fingerprint density at radius 2 is 0.714 bits per heavy atom. The van der Waals surface area contributed by atoms with Gasteiger partial charge in [-0.1, -0.05) is 0 Å². The van der Waals surface area contributed by atoms with Crippen LogP contribution in [0.3, 0.4) is 0 Å². The smallest absolute Gasteiger partial charge is 0.870 e. The van der Waals surface area contributed by atoms with Crippen molar-refractivity contribution in [2.24, 2.45) is 14.1 Å². The largest absolute Gasteiger partial charge is 1.00 e. The molecule has 3 fully saturated rings. The molecule has 9 rings (SSSR count). The average molecular weight is 1870 g/mol. The molecule has 0 unspecified atom stereocenters. The Hall–Kier alpha value is -7.82. The number of hydrogen-bond donors (Lipinski definition) is 11. The summed E-state index contributed by atoms with van der Waals surface area (Å²) in [6.07, 6.45) is 10.2. The molecule has 3 aliphatic rings. The van der Waals surface area contributed by atoms with E-state index in [9.17, 15) is 43.2 Å². The SMILES string of the molecule is CC(C)(C)OC(=O)OC(=O)OC(C)(C)C.CCOC(=O)c1cc(N)cn1CCCO.CCOC(=O)c1cc(NC(=O)OC(C)(C)C)cn1CCCO.Cc1cc(C(=O)NCCN2CCOCC2)n(CCCO)c1.Cc1cc(C(=O)Nc2cc(C(=O)NCCN3CCOCC3)n(C)c2)n(CCCO)c1.Cl.Cl.Cl.Cn1cc(N)cc1C(=O)NCCN1CCOCC1.[K+].[OH-]. The fraction of sp³-hybridized carbons (Fsp3) is 0.602. The zero-order valence-electron chi connectivity index (χ0n) is 76.0. The van der Waals surface area contributed by atoms with Gasteiger partial charge in [0.15, 0.2) is 0 Å². The molecule has 9 heterocycles. The van der Waals surface area contributed by atoms with Crippen molar-refractivity contribution in [2.75, 3.05) is 180 Å². The first-order valence-corrected chi connectivity index (χ1v) is 40.8. The van der Waals surface area contributed by atoms with Gasteiger partial charge in [0, 0.05) is 182 Å². The number of carbonyl (C=O) groups excluding carboxylic acids is 9. The Balaban J connectivity index is 0. The number of halogens is 3. The summed E-state index contributed by atoms with van der Waals surface area (Å²) >= 11 is 0. The maximum absolute atomic E-state index is 12.7. The third kappa shape index (κ3) is 48.0. The molecule has 710 valence electrons. The van der Waals surface area contributed by atoms with Gasteiger partial charge in [0.1, 0.15) is 51.0 Å². The fourth-order valence-electron chi connectivity index (χ4n) is 11.9. The number of aliphatic hydroxyl groups is 4. The quantitative estimate of drug-likeness (QED) is 0.0121. The van der Waals surface area contributed by atoms with Gasteiger partial charge < -0.3 is 129 Å². The maximum Gasteiger partial charge on any atom is 1.00 e. The van der Waals surface area contributed by atoms with Gasteiger partial charge in [-0.2, -0.15) is 0 Å². The van der Waals surface area contributed by atoms with Crippen molar-refractivity contribution in [3.63, 3.8) is 0 Å². The molecule has 14 N–H and O–H groups in total. The number of nitrogen functional groups attached to an aromatic ring is 2. The van der Waals surface area contributed by atoms with E-state index in [0.29, 0.717) is 135 Å². The Morgan fingerprint density at radius 3 is 1.07 bits per heavy atom. The van der Waals surface area contributed by atoms with Crippen LogP contribution in [0.25, 0.3) is 0 Å². The van der Waals surface area contributed by atoms with Gasteiger partial charge in [-0.05, 0) is 163 Å². The zero-order chi connectivity index (χ0) is 89.8. The number of hydrogen-bond acceptors (Lipinski definition) is 28. The summed E-state index contributed by atoms with van der Waals surface area (Å²) in [5.74, 6) is -1.40. The molecule has 0 bridgehead atoms. The van der Waals surface area contributed by atoms with Crippen molar-refractivity contribution in [1.82, 2.24) is 58.1 Å². The molecule has 3 aliphatic heterocycles. The van der Waals surface area contributed by atoms with Crippen LogP contribution in [0.5, 0.6) is 0 Å². The van der Waals surface area contributed by atoms with Crippen molar-refractivity contribution in [3.05, 3.63) is 119 Å². The van der Waals surface area contributed by atoms with E-state index in [1.165, 1.54) is 6.07 Å². The van der Waals surface area contributed by atoms with E-state index < -0.39 is 41.2 Å². The number of carbonyl (C=O) groups is 9. The summed E-state index contributed by atoms with van der Waals surface area (Å²) in [6, 6.07) is 10.2. The molecule has 5 amide bonds. The Bertz CT molecular complexity index is 4140. The van der Waals surface area contributed by atoms with Gasteiger partial charge in [0.2, 0.25) is 0 Å². The first kappa shape index (κ1) is 120. The van der Waals surface area contributed by atoms with E-state index >= 15 is 0 Å². The van der Waals surface area contributed by atoms with Crippen LogP contribution in [0.2, 0.25) is 0 Å². The molecule has 0 saturated carbocycles. The monoisotopic (exact) mass is 1870 g/mol. The number of anilines is 4. The number of nitrogens with one attached hydrogen (secondary N) is 5. The predicted molar refractivity (Wildman–Crippen MR) is 479 cm³/mol. The van der Waals surface area contributed by atoms with Crippen molar-refractivity contribution >= 4 is 114 Å². The Labute approximate surface area is 800 Å².